The minimum Gasteiger partial charge on any atom is -0.457 e. The van der Waals surface area contributed by atoms with Crippen molar-refractivity contribution in [2.24, 2.45) is 7.05 Å². The molecule has 0 spiro atoms. The van der Waals surface area contributed by atoms with Gasteiger partial charge in [-0.15, -0.1) is 0 Å². The highest BCUT2D eigenvalue weighted by Gasteiger charge is 2.31. The summed E-state index contributed by atoms with van der Waals surface area (Å²) in [5.41, 5.74) is 1.12. The summed E-state index contributed by atoms with van der Waals surface area (Å²) >= 11 is 6.13. The van der Waals surface area contributed by atoms with Crippen molar-refractivity contribution in [3.63, 3.8) is 0 Å². The highest BCUT2D eigenvalue weighted by Crippen LogP contribution is 2.36. The van der Waals surface area contributed by atoms with E-state index < -0.39 is 23.6 Å². The molecule has 0 aliphatic rings. The first-order valence-electron chi connectivity index (χ1n) is 11.8. The number of halogens is 4. The third-order valence-electron chi connectivity index (χ3n) is 5.70. The number of nitrogens with one attached hydrogen (secondary N) is 2. The van der Waals surface area contributed by atoms with Crippen LogP contribution < -0.4 is 10.6 Å². The lowest BCUT2D eigenvalue weighted by atomic mass is 10.1. The zero-order valence-corrected chi connectivity index (χ0v) is 21.7. The summed E-state index contributed by atoms with van der Waals surface area (Å²) in [5, 5.41) is 5.40. The lowest BCUT2D eigenvalue weighted by Gasteiger charge is -2.11. The molecular weight excluding hydrogens is 533 g/mol. The van der Waals surface area contributed by atoms with Crippen LogP contribution in [0.25, 0.3) is 17.4 Å². The number of furan rings is 1. The van der Waals surface area contributed by atoms with Gasteiger partial charge in [-0.1, -0.05) is 29.3 Å². The van der Waals surface area contributed by atoms with Gasteiger partial charge in [0.05, 0.1) is 22.6 Å². The second-order valence-corrected chi connectivity index (χ2v) is 9.22. The van der Waals surface area contributed by atoms with E-state index in [-0.39, 0.29) is 34.3 Å². The van der Waals surface area contributed by atoms with Crippen LogP contribution in [0.4, 0.5) is 13.2 Å². The molecule has 0 fully saturated rings. The van der Waals surface area contributed by atoms with Gasteiger partial charge >= 0.3 is 6.18 Å². The summed E-state index contributed by atoms with van der Waals surface area (Å²) in [6, 6.07) is 12.6. The second kappa shape index (κ2) is 11.6. The molecule has 202 valence electrons. The van der Waals surface area contributed by atoms with Gasteiger partial charge in [-0.3, -0.25) is 9.59 Å². The first kappa shape index (κ1) is 27.7. The summed E-state index contributed by atoms with van der Waals surface area (Å²) in [7, 11) is 1.83. The minimum absolute atomic E-state index is 0.0381. The molecule has 0 saturated carbocycles. The van der Waals surface area contributed by atoms with Crippen molar-refractivity contribution < 1.29 is 27.2 Å². The lowest BCUT2D eigenvalue weighted by Crippen LogP contribution is -2.35. The summed E-state index contributed by atoms with van der Waals surface area (Å²) in [6.07, 6.45) is 0.675. The van der Waals surface area contributed by atoms with Gasteiger partial charge in [0.25, 0.3) is 11.8 Å². The van der Waals surface area contributed by atoms with E-state index in [1.54, 1.807) is 35.2 Å². The van der Waals surface area contributed by atoms with E-state index in [0.717, 1.165) is 29.5 Å². The Morgan fingerprint density at radius 3 is 2.51 bits per heavy atom. The number of hydrogen-bond acceptors (Lipinski definition) is 4. The van der Waals surface area contributed by atoms with Crippen molar-refractivity contribution in [2.75, 3.05) is 6.54 Å². The highest BCUT2D eigenvalue weighted by atomic mass is 35.5. The Labute approximate surface area is 227 Å². The van der Waals surface area contributed by atoms with Gasteiger partial charge in [0, 0.05) is 43.4 Å². The topological polar surface area (TPSA) is 89.2 Å². The van der Waals surface area contributed by atoms with Gasteiger partial charge < -0.3 is 19.6 Å². The smallest absolute Gasteiger partial charge is 0.416 e. The van der Waals surface area contributed by atoms with Crippen LogP contribution in [0, 0.1) is 6.92 Å². The van der Waals surface area contributed by atoms with Crippen LogP contribution >= 0.6 is 11.6 Å². The van der Waals surface area contributed by atoms with Crippen molar-refractivity contribution in [1.82, 2.24) is 20.2 Å². The standard InChI is InChI=1S/C28H24ClF3N4O3/c1-17-3-5-18(6-4-17)26(37)35-24(27(38)33-12-11-20-15-36(2)16-34-20)14-21-8-10-25(39-21)22-13-19(28(30,31)32)7-9-23(22)29/h3-10,13-16H,11-12H2,1-2H3,(H,33,38)(H,35,37). The van der Waals surface area contributed by atoms with Crippen LogP contribution in [0.3, 0.4) is 0 Å². The molecule has 7 nitrogen and oxygen atoms in total. The number of carbonyl (C=O) groups is 2. The van der Waals surface area contributed by atoms with Crippen LogP contribution in [0.1, 0.15) is 32.9 Å². The third kappa shape index (κ3) is 7.17. The average molecular weight is 557 g/mol. The molecule has 0 unspecified atom stereocenters. The van der Waals surface area contributed by atoms with E-state index in [9.17, 15) is 22.8 Å². The normalized spacial score (nSPS) is 11.9. The van der Waals surface area contributed by atoms with Crippen molar-refractivity contribution >= 4 is 29.5 Å². The maximum Gasteiger partial charge on any atom is 0.416 e. The van der Waals surface area contributed by atoms with Crippen LogP contribution in [-0.4, -0.2) is 27.9 Å². The molecule has 11 heteroatoms. The molecule has 39 heavy (non-hydrogen) atoms. The van der Waals surface area contributed by atoms with E-state index in [4.69, 9.17) is 16.0 Å². The number of aryl methyl sites for hydroxylation is 2. The Hall–Kier alpha value is -4.31. The third-order valence-corrected chi connectivity index (χ3v) is 6.03. The molecule has 2 aromatic carbocycles. The Morgan fingerprint density at radius 2 is 1.85 bits per heavy atom. The predicted molar refractivity (Wildman–Crippen MR) is 141 cm³/mol. The molecule has 0 radical (unpaired) electrons. The second-order valence-electron chi connectivity index (χ2n) is 8.81. The number of rotatable bonds is 8. The Bertz CT molecular complexity index is 1520. The SMILES string of the molecule is Cc1ccc(C(=O)NC(=Cc2ccc(-c3cc(C(F)(F)F)ccc3Cl)o2)C(=O)NCCc2cn(C)cn2)cc1. The van der Waals surface area contributed by atoms with Gasteiger partial charge in [-0.2, -0.15) is 13.2 Å². The Morgan fingerprint density at radius 1 is 1.10 bits per heavy atom. The maximum absolute atomic E-state index is 13.2. The fraction of sp³-hybridized carbons (Fsp3) is 0.179. The summed E-state index contributed by atoms with van der Waals surface area (Å²) in [6.45, 7) is 2.13. The predicted octanol–water partition coefficient (Wildman–Crippen LogP) is 5.79. The van der Waals surface area contributed by atoms with Gasteiger partial charge in [-0.05, 0) is 49.4 Å². The molecule has 2 N–H and O–H groups in total. The summed E-state index contributed by atoms with van der Waals surface area (Å²) in [4.78, 5) is 30.1. The van der Waals surface area contributed by atoms with Crippen LogP contribution in [0.15, 0.2) is 77.2 Å². The minimum atomic E-state index is -4.56. The van der Waals surface area contributed by atoms with Crippen molar-refractivity contribution in [3.8, 4) is 11.3 Å². The number of imidazole rings is 1. The molecule has 0 aliphatic heterocycles. The first-order chi connectivity index (χ1) is 18.5. The number of hydrogen-bond donors (Lipinski definition) is 2. The Kier molecular flexibility index (Phi) is 8.25. The first-order valence-corrected chi connectivity index (χ1v) is 12.2. The van der Waals surface area contributed by atoms with Gasteiger partial charge in [-0.25, -0.2) is 4.98 Å². The molecule has 0 bridgehead atoms. The molecule has 2 amide bonds. The number of benzene rings is 2. The molecule has 4 rings (SSSR count). The summed E-state index contributed by atoms with van der Waals surface area (Å²) < 4.78 is 47.1. The average Bonchev–Trinajstić information content (AvgIpc) is 3.52. The van der Waals surface area contributed by atoms with E-state index in [0.29, 0.717) is 12.0 Å². The number of carbonyl (C=O) groups excluding carboxylic acids is 2. The molecular formula is C28H24ClF3N4O3. The van der Waals surface area contributed by atoms with E-state index in [1.807, 2.05) is 20.2 Å². The van der Waals surface area contributed by atoms with E-state index >= 15 is 0 Å². The molecule has 0 atom stereocenters. The fourth-order valence-electron chi connectivity index (χ4n) is 3.66. The number of nitrogens with zero attached hydrogens (tertiary/aromatic N) is 2. The zero-order chi connectivity index (χ0) is 28.2. The van der Waals surface area contributed by atoms with Crippen LogP contribution in [0.5, 0.6) is 0 Å². The van der Waals surface area contributed by atoms with Gasteiger partial charge in [0.1, 0.15) is 17.2 Å². The molecule has 0 saturated heterocycles. The lowest BCUT2D eigenvalue weighted by molar-refractivity contribution is -0.137. The quantitative estimate of drug-likeness (QED) is 0.269. The number of amides is 2. The molecule has 2 aromatic heterocycles. The van der Waals surface area contributed by atoms with E-state index in [2.05, 4.69) is 15.6 Å². The van der Waals surface area contributed by atoms with Crippen LogP contribution in [0.2, 0.25) is 5.02 Å². The Balaban J connectivity index is 1.59. The van der Waals surface area contributed by atoms with E-state index in [1.165, 1.54) is 18.2 Å². The highest BCUT2D eigenvalue weighted by molar-refractivity contribution is 6.33. The number of aromatic nitrogens is 2. The monoisotopic (exact) mass is 556 g/mol. The maximum atomic E-state index is 13.2. The van der Waals surface area contributed by atoms with Crippen molar-refractivity contribution in [3.05, 3.63) is 106 Å². The van der Waals surface area contributed by atoms with Gasteiger partial charge in [0.15, 0.2) is 0 Å². The fourth-order valence-corrected chi connectivity index (χ4v) is 3.87. The molecule has 2 heterocycles. The van der Waals surface area contributed by atoms with Gasteiger partial charge in [0.2, 0.25) is 0 Å². The zero-order valence-electron chi connectivity index (χ0n) is 21.0. The van der Waals surface area contributed by atoms with Crippen molar-refractivity contribution in [1.29, 1.82) is 0 Å². The largest absolute Gasteiger partial charge is 0.457 e. The summed E-state index contributed by atoms with van der Waals surface area (Å²) in [5.74, 6) is -0.912. The molecule has 0 aliphatic carbocycles. The molecule has 4 aromatic rings. The number of alkyl halides is 3. The van der Waals surface area contributed by atoms with Crippen molar-refractivity contribution in [2.45, 2.75) is 19.5 Å². The van der Waals surface area contributed by atoms with Crippen LogP contribution in [-0.2, 0) is 24.4 Å².